The van der Waals surface area contributed by atoms with E-state index in [1.807, 2.05) is 0 Å². The van der Waals surface area contributed by atoms with Gasteiger partial charge in [-0.3, -0.25) is 4.79 Å². The van der Waals surface area contributed by atoms with E-state index in [4.69, 9.17) is 14.2 Å². The number of carbonyl (C=O) groups excluding carboxylic acids is 2. The molecular weight excluding hydrogens is 416 g/mol. The summed E-state index contributed by atoms with van der Waals surface area (Å²) in [5, 5.41) is 0. The van der Waals surface area contributed by atoms with Crippen LogP contribution in [0.4, 0.5) is 0 Å². The van der Waals surface area contributed by atoms with Gasteiger partial charge >= 0.3 is 11.9 Å². The molecule has 186 valence electrons. The molecule has 0 radical (unpaired) electrons. The minimum absolute atomic E-state index is 0.151. The van der Waals surface area contributed by atoms with Crippen molar-refractivity contribution < 1.29 is 23.8 Å². The Balaban J connectivity index is 1.42. The van der Waals surface area contributed by atoms with Crippen LogP contribution in [-0.4, -0.2) is 29.4 Å². The van der Waals surface area contributed by atoms with Gasteiger partial charge < -0.3 is 14.2 Å². The second-order valence-corrected chi connectivity index (χ2v) is 13.1. The smallest absolute Gasteiger partial charge is 0.341 e. The van der Waals surface area contributed by atoms with E-state index in [1.165, 1.54) is 39.0 Å². The number of hydrogen-bond acceptors (Lipinski definition) is 5. The zero-order valence-corrected chi connectivity index (χ0v) is 21.6. The fourth-order valence-corrected chi connectivity index (χ4v) is 9.36. The number of ether oxygens (including phenoxy) is 3. The van der Waals surface area contributed by atoms with Crippen LogP contribution in [0.1, 0.15) is 106 Å². The van der Waals surface area contributed by atoms with E-state index < -0.39 is 11.4 Å². The molecule has 0 amide bonds. The van der Waals surface area contributed by atoms with Crippen molar-refractivity contribution >= 4 is 11.9 Å². The molecule has 33 heavy (non-hydrogen) atoms. The van der Waals surface area contributed by atoms with E-state index in [1.54, 1.807) is 0 Å². The second-order valence-electron chi connectivity index (χ2n) is 13.1. The first-order valence-corrected chi connectivity index (χ1v) is 13.6. The van der Waals surface area contributed by atoms with Crippen LogP contribution in [0.3, 0.4) is 0 Å². The first-order valence-electron chi connectivity index (χ1n) is 13.6. The highest BCUT2D eigenvalue weighted by molar-refractivity contribution is 5.85. The van der Waals surface area contributed by atoms with Crippen molar-refractivity contribution in [2.45, 2.75) is 123 Å². The number of esters is 2. The quantitative estimate of drug-likeness (QED) is 0.453. The normalized spacial score (nSPS) is 48.8. The molecule has 2 aliphatic heterocycles. The van der Waals surface area contributed by atoms with E-state index in [2.05, 4.69) is 34.6 Å². The van der Waals surface area contributed by atoms with Crippen molar-refractivity contribution in [2.75, 3.05) is 0 Å². The summed E-state index contributed by atoms with van der Waals surface area (Å²) < 4.78 is 18.9. The Morgan fingerprint density at radius 3 is 2.52 bits per heavy atom. The molecule has 5 nitrogen and oxygen atoms in total. The first kappa shape index (κ1) is 23.6. The number of rotatable bonds is 6. The topological polar surface area (TPSA) is 61.8 Å². The van der Waals surface area contributed by atoms with Crippen molar-refractivity contribution in [2.24, 2.45) is 40.4 Å². The van der Waals surface area contributed by atoms with Crippen LogP contribution >= 0.6 is 0 Å². The third-order valence-corrected chi connectivity index (χ3v) is 10.9. The third kappa shape index (κ3) is 3.12. The molecule has 0 N–H and O–H groups in total. The van der Waals surface area contributed by atoms with Gasteiger partial charge in [0.15, 0.2) is 5.60 Å². The molecule has 5 rings (SSSR count). The van der Waals surface area contributed by atoms with Crippen molar-refractivity contribution in [3.05, 3.63) is 0 Å². The first-order chi connectivity index (χ1) is 15.5. The molecular formula is C28H44O5. The highest BCUT2D eigenvalue weighted by atomic mass is 16.8. The predicted molar refractivity (Wildman–Crippen MR) is 125 cm³/mol. The van der Waals surface area contributed by atoms with Crippen LogP contribution < -0.4 is 0 Å². The number of hydrogen-bond donors (Lipinski definition) is 0. The summed E-state index contributed by atoms with van der Waals surface area (Å²) in [6.45, 7) is 13.2. The summed E-state index contributed by atoms with van der Waals surface area (Å²) >= 11 is 0. The molecule has 2 saturated heterocycles. The van der Waals surface area contributed by atoms with Gasteiger partial charge in [0.2, 0.25) is 5.79 Å². The molecule has 0 aromatic rings. The summed E-state index contributed by atoms with van der Waals surface area (Å²) in [4.78, 5) is 25.1. The van der Waals surface area contributed by atoms with Gasteiger partial charge in [0.25, 0.3) is 0 Å². The molecule has 9 atom stereocenters. The molecule has 2 heterocycles. The van der Waals surface area contributed by atoms with Crippen molar-refractivity contribution in [1.82, 2.24) is 0 Å². The summed E-state index contributed by atoms with van der Waals surface area (Å²) in [5.41, 5.74) is -1.04. The summed E-state index contributed by atoms with van der Waals surface area (Å²) in [6.07, 6.45) is 10.3. The molecule has 5 aliphatic rings. The SMILES string of the molecule is CC(=O)O[C@H]1CC[C@]2(C)C3CC[C@]4(C)[C@@H]([C@H](C)CCCC(C)C)CC[C@H]4[C@@]34OC(=O)[C@]2(C1)O4. The van der Waals surface area contributed by atoms with Crippen LogP contribution in [-0.2, 0) is 23.8 Å². The Hall–Kier alpha value is -1.10. The number of carbonyl (C=O) groups is 2. The highest BCUT2D eigenvalue weighted by Crippen LogP contribution is 2.76. The largest absolute Gasteiger partial charge is 0.462 e. The van der Waals surface area contributed by atoms with E-state index >= 15 is 0 Å². The standard InChI is InChI=1S/C28H44O5/c1-17(2)8-7-9-18(3)21-10-11-22-25(21,5)14-13-23-26(6)15-12-20(31-19(4)29)16-27(26)24(30)32-28(22,23)33-27/h17-18,20-23H,7-16H2,1-6H3/t18-,20+,21-,22-,23?,25-,26-,27+,28+/m1/s1. The predicted octanol–water partition coefficient (Wildman–Crippen LogP) is 6.04. The summed E-state index contributed by atoms with van der Waals surface area (Å²) in [7, 11) is 0. The van der Waals surface area contributed by atoms with Gasteiger partial charge in [-0.25, -0.2) is 4.79 Å². The number of fused-ring (bicyclic) bond motifs is 2. The van der Waals surface area contributed by atoms with E-state index in [9.17, 15) is 9.59 Å². The van der Waals surface area contributed by atoms with Crippen LogP contribution in [0.2, 0.25) is 0 Å². The van der Waals surface area contributed by atoms with Gasteiger partial charge in [-0.05, 0) is 61.7 Å². The molecule has 0 aromatic carbocycles. The average molecular weight is 461 g/mol. The molecule has 3 aliphatic carbocycles. The summed E-state index contributed by atoms with van der Waals surface area (Å²) in [5.74, 6) is 1.35. The third-order valence-electron chi connectivity index (χ3n) is 10.9. The lowest BCUT2D eigenvalue weighted by Gasteiger charge is -2.56. The lowest BCUT2D eigenvalue weighted by Crippen LogP contribution is -2.63. The van der Waals surface area contributed by atoms with Gasteiger partial charge in [-0.15, -0.1) is 0 Å². The van der Waals surface area contributed by atoms with Gasteiger partial charge in [0, 0.05) is 30.6 Å². The molecule has 2 bridgehead atoms. The molecule has 2 spiro atoms. The lowest BCUT2D eigenvalue weighted by molar-refractivity contribution is -0.257. The summed E-state index contributed by atoms with van der Waals surface area (Å²) in [6, 6.07) is 0. The van der Waals surface area contributed by atoms with Gasteiger partial charge in [0.1, 0.15) is 6.10 Å². The van der Waals surface area contributed by atoms with Gasteiger partial charge in [-0.1, -0.05) is 53.9 Å². The minimum atomic E-state index is -0.956. The fraction of sp³-hybridized carbons (Fsp3) is 0.929. The van der Waals surface area contributed by atoms with Crippen LogP contribution in [0.15, 0.2) is 0 Å². The maximum absolute atomic E-state index is 13.5. The fourth-order valence-electron chi connectivity index (χ4n) is 9.36. The van der Waals surface area contributed by atoms with Crippen LogP contribution in [0, 0.1) is 40.4 Å². The van der Waals surface area contributed by atoms with Gasteiger partial charge in [-0.2, -0.15) is 0 Å². The molecule has 5 heteroatoms. The van der Waals surface area contributed by atoms with Crippen molar-refractivity contribution in [3.8, 4) is 0 Å². The lowest BCUT2D eigenvalue weighted by atomic mass is 9.49. The zero-order chi connectivity index (χ0) is 23.8. The van der Waals surface area contributed by atoms with Crippen LogP contribution in [0.5, 0.6) is 0 Å². The maximum atomic E-state index is 13.5. The Bertz CT molecular complexity index is 823. The average Bonchev–Trinajstić information content (AvgIpc) is 3.28. The van der Waals surface area contributed by atoms with Gasteiger partial charge in [0.05, 0.1) is 0 Å². The minimum Gasteiger partial charge on any atom is -0.462 e. The molecule has 5 fully saturated rings. The van der Waals surface area contributed by atoms with Crippen molar-refractivity contribution in [3.63, 3.8) is 0 Å². The Kier molecular flexibility index (Phi) is 5.51. The van der Waals surface area contributed by atoms with E-state index in [-0.39, 0.29) is 40.7 Å². The Morgan fingerprint density at radius 1 is 1.06 bits per heavy atom. The Morgan fingerprint density at radius 2 is 1.82 bits per heavy atom. The molecule has 3 saturated carbocycles. The molecule has 0 aromatic heterocycles. The van der Waals surface area contributed by atoms with E-state index in [0.29, 0.717) is 18.3 Å². The Labute approximate surface area is 199 Å². The maximum Gasteiger partial charge on any atom is 0.341 e. The molecule has 1 unspecified atom stereocenters. The highest BCUT2D eigenvalue weighted by Gasteiger charge is 2.84. The monoisotopic (exact) mass is 460 g/mol. The van der Waals surface area contributed by atoms with Crippen molar-refractivity contribution in [1.29, 1.82) is 0 Å². The van der Waals surface area contributed by atoms with E-state index in [0.717, 1.165) is 31.6 Å². The van der Waals surface area contributed by atoms with Crippen LogP contribution in [0.25, 0.3) is 0 Å². The second kappa shape index (κ2) is 7.70. The zero-order valence-electron chi connectivity index (χ0n) is 21.6.